The van der Waals surface area contributed by atoms with E-state index in [2.05, 4.69) is 106 Å². The van der Waals surface area contributed by atoms with Crippen molar-refractivity contribution in [1.29, 1.82) is 0 Å². The Labute approximate surface area is 342 Å². The molecule has 0 aliphatic rings. The number of fused-ring (bicyclic) bond motifs is 7. The first kappa shape index (κ1) is 33.7. The molecule has 0 N–H and O–H groups in total. The molecule has 12 aromatic rings. The maximum atomic E-state index is 14.7. The minimum atomic E-state index is -0.288. The van der Waals surface area contributed by atoms with Gasteiger partial charge in [-0.2, -0.15) is 0 Å². The largest absolute Gasteiger partial charge is 0.340 e. The van der Waals surface area contributed by atoms with Crippen molar-refractivity contribution in [1.82, 2.24) is 38.2 Å². The molecule has 9 nitrogen and oxygen atoms in total. The van der Waals surface area contributed by atoms with Gasteiger partial charge in [-0.3, -0.25) is 9.13 Å². The highest BCUT2D eigenvalue weighted by atomic mass is 16.2. The smallest absolute Gasteiger partial charge is 0.294 e. The third-order valence-corrected chi connectivity index (χ3v) is 11.3. The highest BCUT2D eigenvalue weighted by Gasteiger charge is 2.20. The van der Waals surface area contributed by atoms with Crippen LogP contribution < -0.4 is 5.69 Å². The number of benzene rings is 5. The molecule has 0 amide bonds. The van der Waals surface area contributed by atoms with E-state index in [1.807, 2.05) is 97.1 Å². The molecule has 0 aliphatic carbocycles. The Morgan fingerprint density at radius 3 is 0.800 bits per heavy atom. The van der Waals surface area contributed by atoms with Gasteiger partial charge in [-0.1, -0.05) is 109 Å². The zero-order chi connectivity index (χ0) is 39.7. The summed E-state index contributed by atoms with van der Waals surface area (Å²) in [6.07, 6.45) is 0. The van der Waals surface area contributed by atoms with E-state index in [0.717, 1.165) is 33.7 Å². The maximum absolute atomic E-state index is 14.7. The van der Waals surface area contributed by atoms with E-state index in [1.165, 1.54) is 21.5 Å². The van der Waals surface area contributed by atoms with Gasteiger partial charge in [0.1, 0.15) is 23.3 Å². The van der Waals surface area contributed by atoms with Crippen LogP contribution in [-0.4, -0.2) is 38.2 Å². The molecule has 0 saturated carbocycles. The average Bonchev–Trinajstić information content (AvgIpc) is 3.94. The molecule has 282 valence electrons. The Morgan fingerprint density at radius 1 is 0.250 bits per heavy atom. The van der Waals surface area contributed by atoms with Crippen LogP contribution >= 0.6 is 0 Å². The third kappa shape index (κ3) is 5.16. The van der Waals surface area contributed by atoms with Crippen LogP contribution in [0.3, 0.4) is 0 Å². The first-order valence-corrected chi connectivity index (χ1v) is 19.8. The van der Waals surface area contributed by atoms with Gasteiger partial charge in [0.25, 0.3) is 0 Å². The molecule has 0 atom stereocenters. The van der Waals surface area contributed by atoms with E-state index in [1.54, 1.807) is 9.13 Å². The van der Waals surface area contributed by atoms with E-state index in [4.69, 9.17) is 19.9 Å². The van der Waals surface area contributed by atoms with Gasteiger partial charge < -0.3 is 0 Å². The van der Waals surface area contributed by atoms with Crippen LogP contribution in [0.25, 0.3) is 101 Å². The summed E-state index contributed by atoms with van der Waals surface area (Å²) >= 11 is 0. The van der Waals surface area contributed by atoms with Gasteiger partial charge in [0, 0.05) is 21.5 Å². The fourth-order valence-corrected chi connectivity index (χ4v) is 8.69. The predicted molar refractivity (Wildman–Crippen MR) is 240 cm³/mol. The lowest BCUT2D eigenvalue weighted by atomic mass is 10.2. The number of hydrogen-bond acceptors (Lipinski definition) is 5. The van der Waals surface area contributed by atoms with Gasteiger partial charge in [0.05, 0.1) is 55.9 Å². The van der Waals surface area contributed by atoms with Crippen molar-refractivity contribution in [2.45, 2.75) is 0 Å². The van der Waals surface area contributed by atoms with Gasteiger partial charge in [0.15, 0.2) is 0 Å². The minimum absolute atomic E-state index is 0.288. The van der Waals surface area contributed by atoms with Crippen molar-refractivity contribution in [2.75, 3.05) is 0 Å². The standard InChI is InChI=1S/C51H32N8O/c60-51-58(49-31-13-21-39(54-49)37-19-11-29-47(52-37)56-41-23-5-1-15-33(41)34-16-2-6-24-42(34)56)45-27-9-10-28-46(45)59(51)50-32-14-22-40(55-50)38-20-12-30-48(53-38)57-43-25-7-3-17-35(43)36-18-4-8-26-44(36)57/h1-32H. The fraction of sp³-hybridized carbons (Fsp3) is 0. The lowest BCUT2D eigenvalue weighted by Crippen LogP contribution is -2.23. The SMILES string of the molecule is O=c1n(-c2cccc(-c3cccc(-n4c5ccccc5c5ccccc54)n3)n2)c2ccccc2n1-c1cccc(-c2cccc(-n3c4ccccc4c4ccccc43)n2)n1. The molecular weight excluding hydrogens is 741 g/mol. The van der Waals surface area contributed by atoms with E-state index < -0.39 is 0 Å². The van der Waals surface area contributed by atoms with Gasteiger partial charge in [-0.15, -0.1) is 0 Å². The number of para-hydroxylation sites is 6. The number of pyridine rings is 4. The second kappa shape index (κ2) is 13.3. The van der Waals surface area contributed by atoms with Crippen molar-refractivity contribution >= 4 is 54.6 Å². The van der Waals surface area contributed by atoms with Gasteiger partial charge in [0.2, 0.25) is 0 Å². The van der Waals surface area contributed by atoms with E-state index in [9.17, 15) is 4.79 Å². The van der Waals surface area contributed by atoms with Gasteiger partial charge in [-0.05, 0) is 84.9 Å². The number of rotatable bonds is 6. The Balaban J connectivity index is 0.949. The first-order chi connectivity index (χ1) is 29.7. The zero-order valence-electron chi connectivity index (χ0n) is 32.0. The maximum Gasteiger partial charge on any atom is 0.340 e. The van der Waals surface area contributed by atoms with E-state index >= 15 is 0 Å². The first-order valence-electron chi connectivity index (χ1n) is 19.8. The number of hydrogen-bond donors (Lipinski definition) is 0. The summed E-state index contributed by atoms with van der Waals surface area (Å²) in [5.41, 5.74) is 8.11. The molecule has 5 aromatic carbocycles. The summed E-state index contributed by atoms with van der Waals surface area (Å²) in [5, 5.41) is 4.67. The summed E-state index contributed by atoms with van der Waals surface area (Å²) in [4.78, 5) is 35.1. The molecule has 60 heavy (non-hydrogen) atoms. The zero-order valence-corrected chi connectivity index (χ0v) is 32.0. The van der Waals surface area contributed by atoms with Crippen molar-refractivity contribution in [3.8, 4) is 46.0 Å². The highest BCUT2D eigenvalue weighted by Crippen LogP contribution is 2.34. The summed E-state index contributed by atoms with van der Waals surface area (Å²) in [6, 6.07) is 64.6. The third-order valence-electron chi connectivity index (χ3n) is 11.3. The van der Waals surface area contributed by atoms with Crippen molar-refractivity contribution in [2.24, 2.45) is 0 Å². The number of aromatic nitrogens is 8. The average molecular weight is 773 g/mol. The van der Waals surface area contributed by atoms with E-state index in [0.29, 0.717) is 45.4 Å². The monoisotopic (exact) mass is 772 g/mol. The fourth-order valence-electron chi connectivity index (χ4n) is 8.69. The van der Waals surface area contributed by atoms with Crippen LogP contribution in [0.5, 0.6) is 0 Å². The topological polar surface area (TPSA) is 88.4 Å². The molecular formula is C51H32N8O. The van der Waals surface area contributed by atoms with Crippen LogP contribution in [-0.2, 0) is 0 Å². The minimum Gasteiger partial charge on any atom is -0.294 e. The summed E-state index contributed by atoms with van der Waals surface area (Å²) < 4.78 is 7.66. The Kier molecular flexibility index (Phi) is 7.48. The van der Waals surface area contributed by atoms with Gasteiger partial charge in [-0.25, -0.2) is 33.9 Å². The van der Waals surface area contributed by atoms with Gasteiger partial charge >= 0.3 is 5.69 Å². The summed E-state index contributed by atoms with van der Waals surface area (Å²) in [7, 11) is 0. The molecule has 0 fully saturated rings. The Bertz CT molecular complexity index is 3370. The molecule has 0 saturated heterocycles. The second-order valence-electron chi connectivity index (χ2n) is 14.7. The van der Waals surface area contributed by atoms with Crippen LogP contribution in [0, 0.1) is 0 Å². The molecule has 7 aromatic heterocycles. The molecule has 0 aliphatic heterocycles. The normalized spacial score (nSPS) is 11.7. The molecule has 9 heteroatoms. The molecule has 7 heterocycles. The molecule has 0 bridgehead atoms. The van der Waals surface area contributed by atoms with E-state index in [-0.39, 0.29) is 5.69 Å². The van der Waals surface area contributed by atoms with Crippen LogP contribution in [0.2, 0.25) is 0 Å². The quantitative estimate of drug-likeness (QED) is 0.168. The van der Waals surface area contributed by atoms with Crippen LogP contribution in [0.1, 0.15) is 0 Å². The molecule has 12 rings (SSSR count). The summed E-state index contributed by atoms with van der Waals surface area (Å²) in [6.45, 7) is 0. The lowest BCUT2D eigenvalue weighted by Gasteiger charge is -2.10. The number of imidazole rings is 1. The molecule has 0 unspecified atom stereocenters. The van der Waals surface area contributed by atoms with Crippen molar-refractivity contribution in [3.05, 3.63) is 205 Å². The van der Waals surface area contributed by atoms with Crippen molar-refractivity contribution < 1.29 is 0 Å². The Morgan fingerprint density at radius 2 is 0.500 bits per heavy atom. The highest BCUT2D eigenvalue weighted by molar-refractivity contribution is 6.10. The molecule has 0 spiro atoms. The Hall–Kier alpha value is -8.43. The summed E-state index contributed by atoms with van der Waals surface area (Å²) in [5.74, 6) is 2.53. The predicted octanol–water partition coefficient (Wildman–Crippen LogP) is 10.9. The number of nitrogens with zero attached hydrogens (tertiary/aromatic N) is 8. The molecule has 0 radical (unpaired) electrons. The lowest BCUT2D eigenvalue weighted by molar-refractivity contribution is 0.886. The van der Waals surface area contributed by atoms with Crippen LogP contribution in [0.4, 0.5) is 0 Å². The van der Waals surface area contributed by atoms with Crippen LogP contribution in [0.15, 0.2) is 199 Å². The van der Waals surface area contributed by atoms with Crippen molar-refractivity contribution in [3.63, 3.8) is 0 Å². The second-order valence-corrected chi connectivity index (χ2v) is 14.7.